The third kappa shape index (κ3) is 4.09. The number of urea groups is 1. The van der Waals surface area contributed by atoms with Gasteiger partial charge in [-0.3, -0.25) is 14.5 Å². The van der Waals surface area contributed by atoms with Gasteiger partial charge in [-0.25, -0.2) is 9.48 Å². The maximum atomic E-state index is 13.2. The highest BCUT2D eigenvalue weighted by atomic mass is 16.3. The predicted octanol–water partition coefficient (Wildman–Crippen LogP) is 3.79. The number of nitrogens with zero attached hydrogens (tertiary/aromatic N) is 3. The minimum atomic E-state index is -1.30. The van der Waals surface area contributed by atoms with Crippen molar-refractivity contribution >= 4 is 23.7 Å². The van der Waals surface area contributed by atoms with Crippen LogP contribution in [0.2, 0.25) is 0 Å². The first-order chi connectivity index (χ1) is 15.9. The van der Waals surface area contributed by atoms with Crippen LogP contribution in [-0.4, -0.2) is 39.1 Å². The SMILES string of the molecule is Cc1cc(C2(C)NC(=O)N(CC(=O)Nc3cc(C(C)(C)C)nn3-c3ccccc3)C2=O)c(C)o1. The maximum absolute atomic E-state index is 13.2. The fraction of sp³-hybridized carbons (Fsp3) is 0.360. The number of furan rings is 1. The van der Waals surface area contributed by atoms with Crippen LogP contribution in [0, 0.1) is 13.8 Å². The molecule has 0 aliphatic carbocycles. The molecule has 1 saturated heterocycles. The molecule has 1 aliphatic heterocycles. The molecule has 9 nitrogen and oxygen atoms in total. The quantitative estimate of drug-likeness (QED) is 0.560. The van der Waals surface area contributed by atoms with Crippen LogP contribution in [0.4, 0.5) is 10.6 Å². The van der Waals surface area contributed by atoms with Crippen molar-refractivity contribution in [2.24, 2.45) is 0 Å². The number of amides is 4. The first-order valence-electron chi connectivity index (χ1n) is 11.1. The summed E-state index contributed by atoms with van der Waals surface area (Å²) in [7, 11) is 0. The van der Waals surface area contributed by atoms with Gasteiger partial charge in [-0.15, -0.1) is 0 Å². The summed E-state index contributed by atoms with van der Waals surface area (Å²) < 4.78 is 7.19. The molecule has 1 aromatic carbocycles. The Hall–Kier alpha value is -3.88. The molecule has 0 spiro atoms. The molecule has 0 bridgehead atoms. The highest BCUT2D eigenvalue weighted by molar-refractivity contribution is 6.10. The van der Waals surface area contributed by atoms with Gasteiger partial charge in [0.05, 0.1) is 11.4 Å². The Morgan fingerprint density at radius 1 is 1.15 bits per heavy atom. The summed E-state index contributed by atoms with van der Waals surface area (Å²) >= 11 is 0. The van der Waals surface area contributed by atoms with E-state index in [0.717, 1.165) is 16.3 Å². The summed E-state index contributed by atoms with van der Waals surface area (Å²) in [6.45, 7) is 10.8. The van der Waals surface area contributed by atoms with Crippen molar-refractivity contribution in [1.29, 1.82) is 0 Å². The van der Waals surface area contributed by atoms with E-state index in [2.05, 4.69) is 15.7 Å². The van der Waals surface area contributed by atoms with E-state index in [9.17, 15) is 14.4 Å². The average Bonchev–Trinajstić information content (AvgIpc) is 3.40. The van der Waals surface area contributed by atoms with Gasteiger partial charge < -0.3 is 15.1 Å². The van der Waals surface area contributed by atoms with Gasteiger partial charge in [0.25, 0.3) is 5.91 Å². The van der Waals surface area contributed by atoms with E-state index in [0.29, 0.717) is 22.9 Å². The summed E-state index contributed by atoms with van der Waals surface area (Å²) in [5.41, 5.74) is 0.599. The first kappa shape index (κ1) is 23.3. The number of para-hydroxylation sites is 1. The summed E-state index contributed by atoms with van der Waals surface area (Å²) in [5, 5.41) is 10.2. The Morgan fingerprint density at radius 3 is 2.41 bits per heavy atom. The third-order valence-corrected chi connectivity index (χ3v) is 5.90. The zero-order valence-corrected chi connectivity index (χ0v) is 20.2. The van der Waals surface area contributed by atoms with Crippen LogP contribution in [0.3, 0.4) is 0 Å². The van der Waals surface area contributed by atoms with E-state index in [-0.39, 0.29) is 5.41 Å². The molecule has 9 heteroatoms. The Bertz CT molecular complexity index is 1270. The molecular weight excluding hydrogens is 434 g/mol. The molecule has 0 radical (unpaired) electrons. The molecule has 3 aromatic rings. The predicted molar refractivity (Wildman–Crippen MR) is 127 cm³/mol. The average molecular weight is 464 g/mol. The van der Waals surface area contributed by atoms with Gasteiger partial charge in [0.15, 0.2) is 0 Å². The number of hydrogen-bond acceptors (Lipinski definition) is 5. The lowest BCUT2D eigenvalue weighted by Gasteiger charge is -2.21. The van der Waals surface area contributed by atoms with Gasteiger partial charge in [0, 0.05) is 17.0 Å². The van der Waals surface area contributed by atoms with Crippen molar-refractivity contribution in [2.45, 2.75) is 52.5 Å². The second-order valence-corrected chi connectivity index (χ2v) is 9.73. The molecule has 2 N–H and O–H groups in total. The lowest BCUT2D eigenvalue weighted by Crippen LogP contribution is -2.42. The number of anilines is 1. The molecule has 4 amide bonds. The standard InChI is InChI=1S/C25H29N5O4/c1-15-12-18(16(2)34-15)25(6)22(32)29(23(33)27-25)14-21(31)26-20-13-19(24(3,4)5)28-30(20)17-10-8-7-9-11-17/h7-13H,14H2,1-6H3,(H,26,31)(H,27,33). The van der Waals surface area contributed by atoms with Crippen molar-refractivity contribution in [3.63, 3.8) is 0 Å². The molecule has 0 saturated carbocycles. The molecule has 1 unspecified atom stereocenters. The monoisotopic (exact) mass is 463 g/mol. The molecular formula is C25H29N5O4. The second kappa shape index (κ2) is 8.16. The molecule has 1 atom stereocenters. The zero-order valence-electron chi connectivity index (χ0n) is 20.2. The van der Waals surface area contributed by atoms with Gasteiger partial charge in [0.1, 0.15) is 29.4 Å². The van der Waals surface area contributed by atoms with Crippen molar-refractivity contribution in [1.82, 2.24) is 20.0 Å². The van der Waals surface area contributed by atoms with Crippen LogP contribution >= 0.6 is 0 Å². The topological polar surface area (TPSA) is 109 Å². The first-order valence-corrected chi connectivity index (χ1v) is 11.1. The fourth-order valence-corrected chi connectivity index (χ4v) is 4.08. The van der Waals surface area contributed by atoms with E-state index in [1.54, 1.807) is 37.6 Å². The molecule has 1 fully saturated rings. The Labute approximate surface area is 198 Å². The molecule has 2 aromatic heterocycles. The number of imide groups is 1. The van der Waals surface area contributed by atoms with Crippen molar-refractivity contribution in [2.75, 3.05) is 11.9 Å². The number of benzene rings is 1. The molecule has 34 heavy (non-hydrogen) atoms. The van der Waals surface area contributed by atoms with Crippen LogP contribution in [0.15, 0.2) is 46.9 Å². The van der Waals surface area contributed by atoms with Crippen molar-refractivity contribution in [3.05, 3.63) is 65.2 Å². The van der Waals surface area contributed by atoms with E-state index in [1.807, 2.05) is 51.1 Å². The molecule has 178 valence electrons. The summed E-state index contributed by atoms with van der Waals surface area (Å²) in [6, 6.07) is 12.3. The van der Waals surface area contributed by atoms with Crippen LogP contribution in [0.5, 0.6) is 0 Å². The lowest BCUT2D eigenvalue weighted by atomic mass is 9.92. The number of carbonyl (C=O) groups is 3. The number of carbonyl (C=O) groups excluding carboxylic acids is 3. The Morgan fingerprint density at radius 2 is 1.82 bits per heavy atom. The van der Waals surface area contributed by atoms with Crippen LogP contribution in [0.1, 0.15) is 50.5 Å². The molecule has 1 aliphatic rings. The molecule has 3 heterocycles. The number of aromatic nitrogens is 2. The maximum Gasteiger partial charge on any atom is 0.325 e. The Kier molecular flexibility index (Phi) is 5.59. The third-order valence-electron chi connectivity index (χ3n) is 5.90. The fourth-order valence-electron chi connectivity index (χ4n) is 4.08. The largest absolute Gasteiger partial charge is 0.466 e. The number of hydrogen-bond donors (Lipinski definition) is 2. The van der Waals surface area contributed by atoms with Crippen molar-refractivity contribution in [3.8, 4) is 5.69 Å². The van der Waals surface area contributed by atoms with Gasteiger partial charge in [-0.1, -0.05) is 39.0 Å². The minimum absolute atomic E-state index is 0.243. The Balaban J connectivity index is 1.57. The van der Waals surface area contributed by atoms with Crippen LogP contribution in [0.25, 0.3) is 5.69 Å². The van der Waals surface area contributed by atoms with Crippen LogP contribution in [-0.2, 0) is 20.5 Å². The van der Waals surface area contributed by atoms with Gasteiger partial charge >= 0.3 is 6.03 Å². The van der Waals surface area contributed by atoms with Crippen LogP contribution < -0.4 is 10.6 Å². The lowest BCUT2D eigenvalue weighted by molar-refractivity contribution is -0.133. The smallest absolute Gasteiger partial charge is 0.325 e. The highest BCUT2D eigenvalue weighted by Crippen LogP contribution is 2.33. The highest BCUT2D eigenvalue weighted by Gasteiger charge is 2.51. The number of nitrogens with one attached hydrogen (secondary N) is 2. The summed E-state index contributed by atoms with van der Waals surface area (Å²) in [6.07, 6.45) is 0. The molecule has 4 rings (SSSR count). The summed E-state index contributed by atoms with van der Waals surface area (Å²) in [4.78, 5) is 39.8. The zero-order chi connectivity index (χ0) is 24.8. The van der Waals surface area contributed by atoms with Crippen molar-refractivity contribution < 1.29 is 18.8 Å². The summed E-state index contributed by atoms with van der Waals surface area (Å²) in [5.74, 6) is 0.614. The van der Waals surface area contributed by atoms with E-state index in [1.165, 1.54) is 0 Å². The number of rotatable bonds is 5. The van der Waals surface area contributed by atoms with Gasteiger partial charge in [-0.05, 0) is 39.0 Å². The minimum Gasteiger partial charge on any atom is -0.466 e. The van der Waals surface area contributed by atoms with E-state index < -0.39 is 29.9 Å². The normalized spacial score (nSPS) is 18.4. The second-order valence-electron chi connectivity index (χ2n) is 9.73. The van der Waals surface area contributed by atoms with E-state index in [4.69, 9.17) is 4.42 Å². The number of aryl methyl sites for hydroxylation is 2. The van der Waals surface area contributed by atoms with Gasteiger partial charge in [-0.2, -0.15) is 5.10 Å². The van der Waals surface area contributed by atoms with Gasteiger partial charge in [0.2, 0.25) is 5.91 Å². The van der Waals surface area contributed by atoms with E-state index >= 15 is 0 Å².